The molecule has 1 aromatic carbocycles. The fourth-order valence-electron chi connectivity index (χ4n) is 1.64. The van der Waals surface area contributed by atoms with Gasteiger partial charge in [0.2, 0.25) is 0 Å². The lowest BCUT2D eigenvalue weighted by Gasteiger charge is -2.12. The largest absolute Gasteiger partial charge is 0.379 e. The minimum atomic E-state index is -0.00862. The van der Waals surface area contributed by atoms with E-state index in [1.54, 1.807) is 31.3 Å². The van der Waals surface area contributed by atoms with E-state index in [9.17, 15) is 4.79 Å². The van der Waals surface area contributed by atoms with E-state index in [1.165, 1.54) is 6.33 Å². The number of amides is 1. The van der Waals surface area contributed by atoms with Crippen LogP contribution in [0.25, 0.3) is 0 Å². The summed E-state index contributed by atoms with van der Waals surface area (Å²) in [5.74, 6) is -0.00862. The van der Waals surface area contributed by atoms with Crippen molar-refractivity contribution in [3.8, 4) is 0 Å². The summed E-state index contributed by atoms with van der Waals surface area (Å²) in [6.45, 7) is 0.599. The van der Waals surface area contributed by atoms with Crippen LogP contribution in [0.4, 0.5) is 5.69 Å². The Balaban J connectivity index is 2.05. The molecule has 0 aliphatic rings. The molecule has 1 aromatic heterocycles. The Labute approximate surface area is 112 Å². The van der Waals surface area contributed by atoms with Crippen molar-refractivity contribution >= 4 is 11.6 Å². The van der Waals surface area contributed by atoms with Crippen LogP contribution in [-0.2, 0) is 6.54 Å². The van der Waals surface area contributed by atoms with Gasteiger partial charge in [-0.25, -0.2) is 9.97 Å². The van der Waals surface area contributed by atoms with Gasteiger partial charge >= 0.3 is 0 Å². The molecule has 0 unspecified atom stereocenters. The average molecular weight is 256 g/mol. The third-order valence-corrected chi connectivity index (χ3v) is 2.63. The van der Waals surface area contributed by atoms with Gasteiger partial charge in [0.25, 0.3) is 5.91 Å². The first kappa shape index (κ1) is 13.0. The van der Waals surface area contributed by atoms with Gasteiger partial charge in [-0.2, -0.15) is 0 Å². The summed E-state index contributed by atoms with van der Waals surface area (Å²) in [7, 11) is 3.48. The van der Waals surface area contributed by atoms with E-state index in [4.69, 9.17) is 0 Å². The van der Waals surface area contributed by atoms with Crippen LogP contribution in [0.3, 0.4) is 0 Å². The van der Waals surface area contributed by atoms with E-state index in [0.29, 0.717) is 12.1 Å². The van der Waals surface area contributed by atoms with Crippen molar-refractivity contribution in [2.24, 2.45) is 0 Å². The number of hydrogen-bond donors (Lipinski definition) is 1. The van der Waals surface area contributed by atoms with Gasteiger partial charge in [0.1, 0.15) is 6.33 Å². The first-order valence-corrected chi connectivity index (χ1v) is 5.97. The fraction of sp³-hybridized carbons (Fsp3) is 0.214. The van der Waals surface area contributed by atoms with Gasteiger partial charge in [0, 0.05) is 31.5 Å². The zero-order valence-corrected chi connectivity index (χ0v) is 11.0. The van der Waals surface area contributed by atoms with Crippen LogP contribution in [0.15, 0.2) is 42.9 Å². The molecule has 5 heteroatoms. The predicted octanol–water partition coefficient (Wildman–Crippen LogP) is 1.79. The minimum Gasteiger partial charge on any atom is -0.379 e. The van der Waals surface area contributed by atoms with Gasteiger partial charge in [-0.05, 0) is 24.3 Å². The van der Waals surface area contributed by atoms with Gasteiger partial charge in [0.15, 0.2) is 0 Å². The number of rotatable bonds is 4. The van der Waals surface area contributed by atoms with Crippen molar-refractivity contribution in [1.82, 2.24) is 14.9 Å². The molecule has 0 fully saturated rings. The smallest absolute Gasteiger partial charge is 0.253 e. The standard InChI is InChI=1S/C14H16N4O/c1-18(2)14(19)11-4-3-5-12(8-11)16-9-13-6-7-15-10-17-13/h3-8,10,16H,9H2,1-2H3. The zero-order chi connectivity index (χ0) is 13.7. The van der Waals surface area contributed by atoms with Crippen molar-refractivity contribution in [3.63, 3.8) is 0 Å². The molecule has 98 valence electrons. The lowest BCUT2D eigenvalue weighted by Crippen LogP contribution is -2.21. The Morgan fingerprint density at radius 1 is 1.32 bits per heavy atom. The summed E-state index contributed by atoms with van der Waals surface area (Å²) in [5.41, 5.74) is 2.46. The Morgan fingerprint density at radius 2 is 2.16 bits per heavy atom. The first-order valence-electron chi connectivity index (χ1n) is 5.97. The van der Waals surface area contributed by atoms with Gasteiger partial charge in [-0.15, -0.1) is 0 Å². The number of nitrogens with one attached hydrogen (secondary N) is 1. The molecule has 0 saturated heterocycles. The van der Waals surface area contributed by atoms with E-state index in [-0.39, 0.29) is 5.91 Å². The number of benzene rings is 1. The Hall–Kier alpha value is -2.43. The highest BCUT2D eigenvalue weighted by atomic mass is 16.2. The molecular formula is C14H16N4O. The third-order valence-electron chi connectivity index (χ3n) is 2.63. The molecule has 0 saturated carbocycles. The second-order valence-electron chi connectivity index (χ2n) is 4.33. The molecule has 1 amide bonds. The van der Waals surface area contributed by atoms with Gasteiger partial charge in [-0.3, -0.25) is 4.79 Å². The SMILES string of the molecule is CN(C)C(=O)c1cccc(NCc2ccncn2)c1. The Kier molecular flexibility index (Phi) is 4.07. The maximum Gasteiger partial charge on any atom is 0.253 e. The minimum absolute atomic E-state index is 0.00862. The molecule has 1 heterocycles. The van der Waals surface area contributed by atoms with Crippen molar-refractivity contribution in [3.05, 3.63) is 54.1 Å². The molecule has 19 heavy (non-hydrogen) atoms. The average Bonchev–Trinajstić information content (AvgIpc) is 2.45. The molecular weight excluding hydrogens is 240 g/mol. The number of anilines is 1. The molecule has 0 radical (unpaired) electrons. The van der Waals surface area contributed by atoms with E-state index in [2.05, 4.69) is 15.3 Å². The number of nitrogens with zero attached hydrogens (tertiary/aromatic N) is 3. The topological polar surface area (TPSA) is 58.1 Å². The van der Waals surface area contributed by atoms with E-state index < -0.39 is 0 Å². The Bertz CT molecular complexity index is 554. The number of carbonyl (C=O) groups excluding carboxylic acids is 1. The van der Waals surface area contributed by atoms with Crippen molar-refractivity contribution < 1.29 is 4.79 Å². The molecule has 2 rings (SSSR count). The van der Waals surface area contributed by atoms with Gasteiger partial charge in [0.05, 0.1) is 12.2 Å². The second-order valence-corrected chi connectivity index (χ2v) is 4.33. The van der Waals surface area contributed by atoms with Gasteiger partial charge < -0.3 is 10.2 Å². The lowest BCUT2D eigenvalue weighted by molar-refractivity contribution is 0.0827. The number of aromatic nitrogens is 2. The van der Waals surface area contributed by atoms with Crippen LogP contribution in [0, 0.1) is 0 Å². The highest BCUT2D eigenvalue weighted by Gasteiger charge is 2.07. The predicted molar refractivity (Wildman–Crippen MR) is 73.8 cm³/mol. The van der Waals surface area contributed by atoms with E-state index in [0.717, 1.165) is 11.4 Å². The van der Waals surface area contributed by atoms with Crippen LogP contribution >= 0.6 is 0 Å². The summed E-state index contributed by atoms with van der Waals surface area (Å²) in [6.07, 6.45) is 3.22. The summed E-state index contributed by atoms with van der Waals surface area (Å²) in [4.78, 5) is 21.4. The normalized spacial score (nSPS) is 10.0. The summed E-state index contributed by atoms with van der Waals surface area (Å²) >= 11 is 0. The zero-order valence-electron chi connectivity index (χ0n) is 11.0. The fourth-order valence-corrected chi connectivity index (χ4v) is 1.64. The maximum atomic E-state index is 11.8. The summed E-state index contributed by atoms with van der Waals surface area (Å²) < 4.78 is 0. The molecule has 0 aliphatic heterocycles. The molecule has 0 spiro atoms. The summed E-state index contributed by atoms with van der Waals surface area (Å²) in [6, 6.07) is 9.27. The number of carbonyl (C=O) groups is 1. The maximum absolute atomic E-state index is 11.8. The van der Waals surface area contributed by atoms with Crippen molar-refractivity contribution in [1.29, 1.82) is 0 Å². The van der Waals surface area contributed by atoms with Crippen molar-refractivity contribution in [2.45, 2.75) is 6.54 Å². The summed E-state index contributed by atoms with van der Waals surface area (Å²) in [5, 5.41) is 3.23. The molecule has 2 aromatic rings. The monoisotopic (exact) mass is 256 g/mol. The second kappa shape index (κ2) is 5.95. The number of hydrogen-bond acceptors (Lipinski definition) is 4. The van der Waals surface area contributed by atoms with Crippen LogP contribution in [0.5, 0.6) is 0 Å². The molecule has 1 N–H and O–H groups in total. The van der Waals surface area contributed by atoms with Crippen LogP contribution in [0.1, 0.15) is 16.1 Å². The first-order chi connectivity index (χ1) is 9.16. The quantitative estimate of drug-likeness (QED) is 0.906. The molecule has 5 nitrogen and oxygen atoms in total. The van der Waals surface area contributed by atoms with E-state index in [1.807, 2.05) is 24.3 Å². The molecule has 0 bridgehead atoms. The van der Waals surface area contributed by atoms with Crippen molar-refractivity contribution in [2.75, 3.05) is 19.4 Å². The highest BCUT2D eigenvalue weighted by molar-refractivity contribution is 5.94. The van der Waals surface area contributed by atoms with Gasteiger partial charge in [-0.1, -0.05) is 6.07 Å². The van der Waals surface area contributed by atoms with Crippen LogP contribution in [-0.4, -0.2) is 34.9 Å². The lowest BCUT2D eigenvalue weighted by atomic mass is 10.2. The highest BCUT2D eigenvalue weighted by Crippen LogP contribution is 2.12. The molecule has 0 aliphatic carbocycles. The third kappa shape index (κ3) is 3.51. The molecule has 0 atom stereocenters. The van der Waals surface area contributed by atoms with Crippen LogP contribution in [0.2, 0.25) is 0 Å². The Morgan fingerprint density at radius 3 is 2.84 bits per heavy atom. The van der Waals surface area contributed by atoms with Crippen LogP contribution < -0.4 is 5.32 Å². The van der Waals surface area contributed by atoms with E-state index >= 15 is 0 Å².